The fourth-order valence-corrected chi connectivity index (χ4v) is 6.04. The zero-order chi connectivity index (χ0) is 33.1. The van der Waals surface area contributed by atoms with Gasteiger partial charge in [-0.1, -0.05) is 93.3 Å². The number of nitrogens with zero attached hydrogens (tertiary/aromatic N) is 4. The van der Waals surface area contributed by atoms with Gasteiger partial charge in [0.05, 0.1) is 13.2 Å². The number of hydrogen-bond acceptors (Lipinski definition) is 7. The Morgan fingerprint density at radius 2 is 1.72 bits per heavy atom. The van der Waals surface area contributed by atoms with Crippen LogP contribution in [0.15, 0.2) is 112 Å². The number of aliphatic imine (C=N–C) groups is 1. The monoisotopic (exact) mass is 716 g/mol. The first-order chi connectivity index (χ1) is 22.9. The number of rotatable bonds is 15. The quantitative estimate of drug-likeness (QED) is 0.0398. The largest absolute Gasteiger partial charge is 0.494 e. The maximum absolute atomic E-state index is 14.5. The molecule has 1 heterocycles. The van der Waals surface area contributed by atoms with Crippen LogP contribution in [0.3, 0.4) is 0 Å². The number of halogens is 2. The lowest BCUT2D eigenvalue weighted by molar-refractivity contribution is -0.130. The van der Waals surface area contributed by atoms with E-state index in [0.717, 1.165) is 21.2 Å². The Morgan fingerprint density at radius 3 is 2.45 bits per heavy atom. The Kier molecular flexibility index (Phi) is 11.9. The van der Waals surface area contributed by atoms with E-state index in [1.807, 2.05) is 84.9 Å². The molecular weight excluding hydrogens is 684 g/mol. The molecule has 5 rings (SSSR count). The van der Waals surface area contributed by atoms with Crippen LogP contribution >= 0.6 is 27.5 Å². The number of aliphatic hydroxyl groups excluding tert-OH is 1. The molecule has 0 fully saturated rings. The molecule has 0 bridgehead atoms. The first-order valence-electron chi connectivity index (χ1n) is 15.1. The van der Waals surface area contributed by atoms with Crippen molar-refractivity contribution in [2.75, 3.05) is 19.8 Å². The minimum absolute atomic E-state index is 0.0435. The SMILES string of the molecule is [N-]=[N+]=NCc1ccccc1[C@@H]1OC(c2ccc(OCCCO)cc2)=N[C@]1(Cc1ccccc1Br)C(=O)NNCCc1ccccc1Cl. The summed E-state index contributed by atoms with van der Waals surface area (Å²) in [6.45, 7) is 0.927. The summed E-state index contributed by atoms with van der Waals surface area (Å²) < 4.78 is 13.2. The molecule has 4 aromatic carbocycles. The molecule has 0 radical (unpaired) electrons. The van der Waals surface area contributed by atoms with Gasteiger partial charge in [0.2, 0.25) is 5.90 Å². The second kappa shape index (κ2) is 16.4. The molecule has 12 heteroatoms. The van der Waals surface area contributed by atoms with E-state index in [-0.39, 0.29) is 25.5 Å². The van der Waals surface area contributed by atoms with Crippen LogP contribution < -0.4 is 15.6 Å². The average molecular weight is 718 g/mol. The van der Waals surface area contributed by atoms with Gasteiger partial charge in [0.1, 0.15) is 5.75 Å². The van der Waals surface area contributed by atoms with Crippen molar-refractivity contribution < 1.29 is 19.4 Å². The number of ether oxygens (including phenoxy) is 2. The van der Waals surface area contributed by atoms with Gasteiger partial charge in [0.25, 0.3) is 5.91 Å². The average Bonchev–Trinajstić information content (AvgIpc) is 3.48. The maximum Gasteiger partial charge on any atom is 0.266 e. The predicted octanol–water partition coefficient (Wildman–Crippen LogP) is 7.04. The number of carbonyl (C=O) groups excluding carboxylic acids is 1. The van der Waals surface area contributed by atoms with Crippen molar-refractivity contribution in [1.82, 2.24) is 10.9 Å². The number of hydrazine groups is 1. The van der Waals surface area contributed by atoms with Crippen molar-refractivity contribution in [3.8, 4) is 5.75 Å². The molecule has 0 aromatic heterocycles. The van der Waals surface area contributed by atoms with E-state index in [0.29, 0.717) is 47.9 Å². The number of azide groups is 1. The van der Waals surface area contributed by atoms with Gasteiger partial charge in [-0.05, 0) is 70.6 Å². The van der Waals surface area contributed by atoms with E-state index < -0.39 is 17.6 Å². The standard InChI is InChI=1S/C35H34BrClN6O4/c36-30-12-5-2-9-26(30)22-35(34(45)42-39-19-18-24-8-3-6-13-31(24)37)32(29-11-4-1-10-27(29)23-40-43-38)47-33(41-35)25-14-16-28(17-15-25)46-21-7-20-44/h1-6,8-17,32,39,44H,7,18-23H2,(H,42,45)/t32-,35-/m0/s1. The Balaban J connectivity index is 1.54. The van der Waals surface area contributed by atoms with Gasteiger partial charge in [0, 0.05) is 46.0 Å². The fraction of sp³-hybridized carbons (Fsp3) is 0.257. The highest BCUT2D eigenvalue weighted by Gasteiger charge is 2.54. The third-order valence-electron chi connectivity index (χ3n) is 7.77. The van der Waals surface area contributed by atoms with E-state index in [4.69, 9.17) is 36.7 Å². The molecule has 1 aliphatic heterocycles. The molecule has 47 heavy (non-hydrogen) atoms. The summed E-state index contributed by atoms with van der Waals surface area (Å²) >= 11 is 10.0. The van der Waals surface area contributed by atoms with Gasteiger partial charge in [-0.2, -0.15) is 0 Å². The van der Waals surface area contributed by atoms with Crippen molar-refractivity contribution in [2.45, 2.75) is 37.5 Å². The first-order valence-corrected chi connectivity index (χ1v) is 16.3. The topological polar surface area (TPSA) is 141 Å². The maximum atomic E-state index is 14.5. The zero-order valence-electron chi connectivity index (χ0n) is 25.5. The Morgan fingerprint density at radius 1 is 1.02 bits per heavy atom. The molecule has 0 spiro atoms. The van der Waals surface area contributed by atoms with Crippen LogP contribution in [0.1, 0.15) is 40.3 Å². The molecule has 3 N–H and O–H groups in total. The van der Waals surface area contributed by atoms with Crippen LogP contribution in [-0.4, -0.2) is 42.2 Å². The van der Waals surface area contributed by atoms with Gasteiger partial charge in [-0.3, -0.25) is 10.2 Å². The lowest BCUT2D eigenvalue weighted by Crippen LogP contribution is -2.54. The third-order valence-corrected chi connectivity index (χ3v) is 8.91. The summed E-state index contributed by atoms with van der Waals surface area (Å²) in [6, 6.07) is 29.9. The highest BCUT2D eigenvalue weighted by molar-refractivity contribution is 9.10. The highest BCUT2D eigenvalue weighted by Crippen LogP contribution is 2.44. The normalized spacial score (nSPS) is 16.9. The van der Waals surface area contributed by atoms with E-state index in [2.05, 4.69) is 36.8 Å². The lowest BCUT2D eigenvalue weighted by atomic mass is 9.80. The molecule has 10 nitrogen and oxygen atoms in total. The van der Waals surface area contributed by atoms with Crippen molar-refractivity contribution in [3.05, 3.63) is 145 Å². The van der Waals surface area contributed by atoms with Crippen LogP contribution in [0.2, 0.25) is 5.02 Å². The van der Waals surface area contributed by atoms with Crippen molar-refractivity contribution in [2.24, 2.45) is 10.1 Å². The molecule has 0 unspecified atom stereocenters. The van der Waals surface area contributed by atoms with Crippen LogP contribution in [0.5, 0.6) is 5.75 Å². The molecule has 1 aliphatic rings. The number of benzene rings is 4. The van der Waals surface area contributed by atoms with Crippen LogP contribution in [0, 0.1) is 0 Å². The highest BCUT2D eigenvalue weighted by atomic mass is 79.9. The van der Waals surface area contributed by atoms with Gasteiger partial charge in [0.15, 0.2) is 11.6 Å². The van der Waals surface area contributed by atoms with E-state index in [9.17, 15) is 4.79 Å². The van der Waals surface area contributed by atoms with Crippen molar-refractivity contribution >= 4 is 39.3 Å². The summed E-state index contributed by atoms with van der Waals surface area (Å²) in [5.74, 6) is 0.528. The zero-order valence-corrected chi connectivity index (χ0v) is 27.8. The number of hydrogen-bond donors (Lipinski definition) is 3. The van der Waals surface area contributed by atoms with E-state index in [1.54, 1.807) is 12.1 Å². The van der Waals surface area contributed by atoms with Crippen molar-refractivity contribution in [1.29, 1.82) is 0 Å². The molecule has 1 amide bonds. The van der Waals surface area contributed by atoms with Crippen molar-refractivity contribution in [3.63, 3.8) is 0 Å². The number of nitrogens with one attached hydrogen (secondary N) is 2. The predicted molar refractivity (Wildman–Crippen MR) is 185 cm³/mol. The lowest BCUT2D eigenvalue weighted by Gasteiger charge is -2.32. The van der Waals surface area contributed by atoms with E-state index >= 15 is 0 Å². The Hall–Kier alpha value is -4.38. The number of carbonyl (C=O) groups is 1. The minimum Gasteiger partial charge on any atom is -0.494 e. The first kappa shape index (κ1) is 34.0. The number of aliphatic hydroxyl groups is 1. The molecule has 242 valence electrons. The van der Waals surface area contributed by atoms with Crippen LogP contribution in [-0.2, 0) is 28.9 Å². The third kappa shape index (κ3) is 8.32. The van der Waals surface area contributed by atoms with E-state index in [1.165, 1.54) is 0 Å². The van der Waals surface area contributed by atoms with Gasteiger partial charge >= 0.3 is 0 Å². The summed E-state index contributed by atoms with van der Waals surface area (Å²) in [5.41, 5.74) is 17.5. The molecule has 2 atom stereocenters. The Labute approximate surface area is 286 Å². The smallest absolute Gasteiger partial charge is 0.266 e. The fourth-order valence-electron chi connectivity index (χ4n) is 5.38. The molecule has 4 aromatic rings. The van der Waals surface area contributed by atoms with Gasteiger partial charge < -0.3 is 14.6 Å². The molecular formula is C35H34BrClN6O4. The van der Waals surface area contributed by atoms with Gasteiger partial charge in [-0.15, -0.1) is 0 Å². The molecule has 0 aliphatic carbocycles. The summed E-state index contributed by atoms with van der Waals surface area (Å²) in [6.07, 6.45) is 0.431. The van der Waals surface area contributed by atoms with Crippen LogP contribution in [0.25, 0.3) is 10.4 Å². The summed E-state index contributed by atoms with van der Waals surface area (Å²) in [5, 5.41) is 13.5. The second-order valence-electron chi connectivity index (χ2n) is 10.9. The molecule has 0 saturated carbocycles. The summed E-state index contributed by atoms with van der Waals surface area (Å²) in [4.78, 5) is 22.6. The molecule has 0 saturated heterocycles. The minimum atomic E-state index is -1.47. The van der Waals surface area contributed by atoms with Gasteiger partial charge in [-0.25, -0.2) is 10.4 Å². The Bertz CT molecular complexity index is 1770. The van der Waals surface area contributed by atoms with Crippen LogP contribution in [0.4, 0.5) is 0 Å². The summed E-state index contributed by atoms with van der Waals surface area (Å²) in [7, 11) is 0. The number of amides is 1. The second-order valence-corrected chi connectivity index (χ2v) is 12.1.